The maximum absolute atomic E-state index is 11.8. The number of hydrogen-bond acceptors (Lipinski definition) is 3. The van der Waals surface area contributed by atoms with E-state index < -0.39 is 0 Å². The number of unbranched alkanes of at least 4 members (excludes halogenated alkanes) is 2. The fourth-order valence-electron chi connectivity index (χ4n) is 2.28. The summed E-state index contributed by atoms with van der Waals surface area (Å²) in [5.74, 6) is 0.0593. The molecule has 1 heterocycles. The Morgan fingerprint density at radius 1 is 1.47 bits per heavy atom. The van der Waals surface area contributed by atoms with E-state index in [1.807, 2.05) is 17.9 Å². The van der Waals surface area contributed by atoms with Crippen LogP contribution in [0.4, 0.5) is 0 Å². The van der Waals surface area contributed by atoms with Crippen molar-refractivity contribution >= 4 is 12.2 Å². The van der Waals surface area contributed by atoms with Crippen molar-refractivity contribution in [1.29, 1.82) is 0 Å². The summed E-state index contributed by atoms with van der Waals surface area (Å²) in [5, 5.41) is 0. The van der Waals surface area contributed by atoms with E-state index in [2.05, 4.69) is 13.5 Å². The summed E-state index contributed by atoms with van der Waals surface area (Å²) in [4.78, 5) is 26.4. The Balaban J connectivity index is 2.86. The Hall–Kier alpha value is -1.58. The molecule has 106 valence electrons. The molecule has 1 rings (SSSR count). The lowest BCUT2D eigenvalue weighted by Gasteiger charge is -2.41. The molecule has 1 saturated heterocycles. The van der Waals surface area contributed by atoms with Crippen LogP contribution in [0.25, 0.3) is 0 Å². The molecule has 0 aromatic rings. The third-order valence-electron chi connectivity index (χ3n) is 3.59. The number of hydrogen-bond donors (Lipinski definition) is 0. The summed E-state index contributed by atoms with van der Waals surface area (Å²) >= 11 is 0. The van der Waals surface area contributed by atoms with Crippen LogP contribution >= 0.6 is 0 Å². The zero-order valence-electron chi connectivity index (χ0n) is 12.2. The molecule has 4 nitrogen and oxygen atoms in total. The minimum Gasteiger partial charge on any atom is -0.339 e. The Morgan fingerprint density at radius 3 is 2.68 bits per heavy atom. The molecule has 0 aromatic heterocycles. The number of Topliss-reactive ketones (excluding diaryl/α,β-unsaturated/α-hetero) is 1. The van der Waals surface area contributed by atoms with E-state index in [0.29, 0.717) is 13.1 Å². The van der Waals surface area contributed by atoms with Crippen LogP contribution < -0.4 is 0 Å². The van der Waals surface area contributed by atoms with Gasteiger partial charge in [0.05, 0.1) is 11.7 Å². The lowest BCUT2D eigenvalue weighted by molar-refractivity contribution is -0.120. The van der Waals surface area contributed by atoms with E-state index in [1.54, 1.807) is 11.8 Å². The number of piperazine rings is 1. The number of carbonyl (C=O) groups is 2. The molecule has 0 spiro atoms. The molecule has 0 aromatic carbocycles. The number of amides is 1. The normalized spacial score (nSPS) is 20.7. The highest BCUT2D eigenvalue weighted by Crippen LogP contribution is 2.23. The predicted octanol–water partition coefficient (Wildman–Crippen LogP) is 2.33. The van der Waals surface area contributed by atoms with Crippen molar-refractivity contribution < 1.29 is 9.59 Å². The second kappa shape index (κ2) is 7.12. The van der Waals surface area contributed by atoms with Gasteiger partial charge < -0.3 is 9.80 Å². The lowest BCUT2D eigenvalue weighted by Crippen LogP contribution is -2.49. The third-order valence-corrected chi connectivity index (χ3v) is 3.59. The molecule has 1 unspecified atom stereocenters. The van der Waals surface area contributed by atoms with Crippen LogP contribution in [0.15, 0.2) is 24.0 Å². The first-order valence-electron chi connectivity index (χ1n) is 6.91. The van der Waals surface area contributed by atoms with Crippen molar-refractivity contribution in [3.63, 3.8) is 0 Å². The molecule has 1 aliphatic heterocycles. The van der Waals surface area contributed by atoms with Crippen LogP contribution in [0.5, 0.6) is 0 Å². The highest BCUT2D eigenvalue weighted by atomic mass is 16.1. The average Bonchev–Trinajstić information content (AvgIpc) is 2.38. The second-order valence-electron chi connectivity index (χ2n) is 4.95. The molecule has 1 amide bonds. The highest BCUT2D eigenvalue weighted by molar-refractivity contribution is 5.93. The minimum atomic E-state index is -0.0554. The monoisotopic (exact) mass is 264 g/mol. The van der Waals surface area contributed by atoms with Crippen molar-refractivity contribution in [1.82, 2.24) is 9.80 Å². The molecule has 0 radical (unpaired) electrons. The predicted molar refractivity (Wildman–Crippen MR) is 76.4 cm³/mol. The van der Waals surface area contributed by atoms with Crippen LogP contribution in [0.3, 0.4) is 0 Å². The zero-order valence-corrected chi connectivity index (χ0v) is 12.2. The molecule has 4 heteroatoms. The SMILES string of the molecule is C=C1C(C)N(C=O)CCN1/C(=C\CCCC)C(C)=O. The van der Waals surface area contributed by atoms with Gasteiger partial charge in [0.25, 0.3) is 0 Å². The Labute approximate surface area is 115 Å². The first-order chi connectivity index (χ1) is 9.02. The summed E-state index contributed by atoms with van der Waals surface area (Å²) in [7, 11) is 0. The lowest BCUT2D eigenvalue weighted by atomic mass is 10.1. The Bertz CT molecular complexity index is 388. The van der Waals surface area contributed by atoms with Crippen LogP contribution in [0.2, 0.25) is 0 Å². The summed E-state index contributed by atoms with van der Waals surface area (Å²) in [5.41, 5.74) is 1.53. The highest BCUT2D eigenvalue weighted by Gasteiger charge is 2.28. The number of nitrogens with zero attached hydrogens (tertiary/aromatic N) is 2. The molecule has 1 fully saturated rings. The molecule has 0 N–H and O–H groups in total. The number of ketones is 1. The van der Waals surface area contributed by atoms with Gasteiger partial charge in [0.1, 0.15) is 0 Å². The van der Waals surface area contributed by atoms with Crippen LogP contribution in [-0.2, 0) is 9.59 Å². The van der Waals surface area contributed by atoms with Gasteiger partial charge in [-0.1, -0.05) is 26.0 Å². The maximum atomic E-state index is 11.8. The fraction of sp³-hybridized carbons (Fsp3) is 0.600. The zero-order chi connectivity index (χ0) is 14.4. The van der Waals surface area contributed by atoms with Crippen LogP contribution in [0, 0.1) is 0 Å². The fourth-order valence-corrected chi connectivity index (χ4v) is 2.28. The van der Waals surface area contributed by atoms with E-state index in [1.165, 1.54) is 0 Å². The van der Waals surface area contributed by atoms with Gasteiger partial charge in [-0.3, -0.25) is 9.59 Å². The molecule has 1 aliphatic rings. The minimum absolute atomic E-state index is 0.0554. The molecule has 0 bridgehead atoms. The van der Waals surface area contributed by atoms with Crippen LogP contribution in [0.1, 0.15) is 40.0 Å². The van der Waals surface area contributed by atoms with Crippen molar-refractivity contribution in [3.05, 3.63) is 24.0 Å². The van der Waals surface area contributed by atoms with Gasteiger partial charge in [-0.25, -0.2) is 0 Å². The van der Waals surface area contributed by atoms with Gasteiger partial charge in [-0.2, -0.15) is 0 Å². The van der Waals surface area contributed by atoms with Crippen molar-refractivity contribution in [2.24, 2.45) is 0 Å². The summed E-state index contributed by atoms with van der Waals surface area (Å²) in [6, 6.07) is -0.0554. The smallest absolute Gasteiger partial charge is 0.210 e. The standard InChI is InChI=1S/C15H24N2O2/c1-5-6-7-8-15(14(4)19)17-10-9-16(11-18)12(2)13(17)3/h8,11-12H,3,5-7,9-10H2,1-2,4H3/b15-8-. The molecular formula is C15H24N2O2. The molecular weight excluding hydrogens is 240 g/mol. The molecule has 1 atom stereocenters. The first kappa shape index (κ1) is 15.5. The maximum Gasteiger partial charge on any atom is 0.210 e. The Morgan fingerprint density at radius 2 is 2.16 bits per heavy atom. The van der Waals surface area contributed by atoms with Gasteiger partial charge in [0.2, 0.25) is 6.41 Å². The number of carbonyl (C=O) groups excluding carboxylic acids is 2. The summed E-state index contributed by atoms with van der Waals surface area (Å²) < 4.78 is 0. The van der Waals surface area contributed by atoms with E-state index in [4.69, 9.17) is 0 Å². The van der Waals surface area contributed by atoms with E-state index in [0.717, 1.165) is 37.1 Å². The number of allylic oxidation sites excluding steroid dienone is 2. The summed E-state index contributed by atoms with van der Waals surface area (Å²) in [6.07, 6.45) is 5.94. The molecule has 19 heavy (non-hydrogen) atoms. The van der Waals surface area contributed by atoms with Gasteiger partial charge in [0, 0.05) is 25.7 Å². The van der Waals surface area contributed by atoms with Crippen LogP contribution in [-0.4, -0.2) is 41.1 Å². The Kier molecular flexibility index (Phi) is 5.80. The van der Waals surface area contributed by atoms with Crippen molar-refractivity contribution in [2.45, 2.75) is 46.1 Å². The molecule has 0 saturated carbocycles. The van der Waals surface area contributed by atoms with Gasteiger partial charge >= 0.3 is 0 Å². The van der Waals surface area contributed by atoms with Gasteiger partial charge in [-0.05, 0) is 19.8 Å². The average molecular weight is 264 g/mol. The molecule has 0 aliphatic carbocycles. The topological polar surface area (TPSA) is 40.6 Å². The third kappa shape index (κ3) is 3.69. The van der Waals surface area contributed by atoms with E-state index in [-0.39, 0.29) is 11.8 Å². The first-order valence-corrected chi connectivity index (χ1v) is 6.91. The van der Waals surface area contributed by atoms with E-state index in [9.17, 15) is 9.59 Å². The van der Waals surface area contributed by atoms with E-state index >= 15 is 0 Å². The van der Waals surface area contributed by atoms with Gasteiger partial charge in [0.15, 0.2) is 5.78 Å². The largest absolute Gasteiger partial charge is 0.339 e. The van der Waals surface area contributed by atoms with Crippen molar-refractivity contribution in [3.8, 4) is 0 Å². The second-order valence-corrected chi connectivity index (χ2v) is 4.95. The van der Waals surface area contributed by atoms with Gasteiger partial charge in [-0.15, -0.1) is 0 Å². The number of rotatable bonds is 6. The summed E-state index contributed by atoms with van der Waals surface area (Å²) in [6.45, 7) is 11.0. The van der Waals surface area contributed by atoms with Crippen molar-refractivity contribution in [2.75, 3.05) is 13.1 Å². The quantitative estimate of drug-likeness (QED) is 0.420.